The van der Waals surface area contributed by atoms with Crippen molar-refractivity contribution in [3.8, 4) is 0 Å². The van der Waals surface area contributed by atoms with Crippen molar-refractivity contribution in [2.45, 2.75) is 6.92 Å². The zero-order valence-electron chi connectivity index (χ0n) is 4.51. The second-order valence-corrected chi connectivity index (χ2v) is 1.08. The molecule has 0 fully saturated rings. The van der Waals surface area contributed by atoms with E-state index in [1.807, 2.05) is 0 Å². The number of hydrogen-bond donors (Lipinski definition) is 0. The average molecular weight is 98.1 g/mol. The lowest BCUT2D eigenvalue weighted by atomic mass is 10.4. The summed E-state index contributed by atoms with van der Waals surface area (Å²) in [5.74, 6) is 0. The third-order valence-corrected chi connectivity index (χ3v) is 0.476. The first kappa shape index (κ1) is 6.21. The lowest BCUT2D eigenvalue weighted by molar-refractivity contribution is 0.213. The second-order valence-electron chi connectivity index (χ2n) is 1.08. The lowest BCUT2D eigenvalue weighted by Crippen LogP contribution is -1.82. The van der Waals surface area contributed by atoms with E-state index in [2.05, 4.69) is 9.99 Å². The van der Waals surface area contributed by atoms with E-state index in [0.29, 0.717) is 5.71 Å². The summed E-state index contributed by atoms with van der Waals surface area (Å²) in [6.07, 6.45) is 1.38. The Morgan fingerprint density at radius 3 is 2.57 bits per heavy atom. The van der Waals surface area contributed by atoms with E-state index < -0.39 is 0 Å². The Morgan fingerprint density at radius 1 is 1.86 bits per heavy atom. The van der Waals surface area contributed by atoms with Crippen LogP contribution in [0.2, 0.25) is 0 Å². The maximum absolute atomic E-state index is 5.02. The Balaban J connectivity index is 3.49. The molecule has 0 saturated heterocycles. The van der Waals surface area contributed by atoms with Gasteiger partial charge < -0.3 is 4.84 Å². The minimum absolute atomic E-state index is 0.683. The Bertz CT molecular complexity index is 86.1. The quantitative estimate of drug-likeness (QED) is 0.373. The van der Waals surface area contributed by atoms with Crippen molar-refractivity contribution < 1.29 is 4.84 Å². The summed E-state index contributed by atoms with van der Waals surface area (Å²) < 4.78 is 0. The van der Waals surface area contributed by atoms with Crippen LogP contribution in [0.4, 0.5) is 0 Å². The van der Waals surface area contributed by atoms with Gasteiger partial charge in [0.05, 0.1) is 5.71 Å². The topological polar surface area (TPSA) is 21.6 Å². The second kappa shape index (κ2) is 3.40. The van der Waals surface area contributed by atoms with E-state index in [0.717, 1.165) is 0 Å². The molecule has 0 amide bonds. The van der Waals surface area contributed by atoms with E-state index in [1.54, 1.807) is 6.92 Å². The third-order valence-electron chi connectivity index (χ3n) is 0.476. The van der Waals surface area contributed by atoms with E-state index in [4.69, 9.17) is 6.58 Å². The summed E-state index contributed by atoms with van der Waals surface area (Å²) in [4.78, 5) is 4.37. The maximum atomic E-state index is 5.02. The van der Waals surface area contributed by atoms with Gasteiger partial charge in [-0.2, -0.15) is 0 Å². The fourth-order valence-electron chi connectivity index (χ4n) is 0.174. The molecule has 2 nitrogen and oxygen atoms in total. The fraction of sp³-hybridized carbons (Fsp3) is 0.400. The van der Waals surface area contributed by atoms with E-state index in [9.17, 15) is 0 Å². The van der Waals surface area contributed by atoms with Crippen molar-refractivity contribution in [1.82, 2.24) is 0 Å². The van der Waals surface area contributed by atoms with Crippen molar-refractivity contribution in [3.05, 3.63) is 12.7 Å². The molecule has 39 valence electrons. The van der Waals surface area contributed by atoms with Crippen LogP contribution in [0.15, 0.2) is 11.2 Å². The molecule has 1 radical (unpaired) electrons. The van der Waals surface area contributed by atoms with Gasteiger partial charge in [-0.3, -0.25) is 0 Å². The van der Waals surface area contributed by atoms with Gasteiger partial charge in [0.25, 0.3) is 0 Å². The number of rotatable bonds is 2. The van der Waals surface area contributed by atoms with Gasteiger partial charge in [-0.05, 0) is 13.0 Å². The lowest BCUT2D eigenvalue weighted by Gasteiger charge is -1.85. The summed E-state index contributed by atoms with van der Waals surface area (Å²) in [5, 5.41) is 3.48. The van der Waals surface area contributed by atoms with E-state index >= 15 is 0 Å². The van der Waals surface area contributed by atoms with Gasteiger partial charge in [0, 0.05) is 0 Å². The van der Waals surface area contributed by atoms with Gasteiger partial charge in [-0.25, -0.2) is 0 Å². The average Bonchev–Trinajstić information content (AvgIpc) is 1.68. The highest BCUT2D eigenvalue weighted by Gasteiger charge is 1.74. The highest BCUT2D eigenvalue weighted by atomic mass is 16.6. The third kappa shape index (κ3) is 3.03. The number of hydrogen-bond acceptors (Lipinski definition) is 2. The minimum Gasteiger partial charge on any atom is -0.399 e. The normalized spacial score (nSPS) is 10.9. The standard InChI is InChI=1S/C5H8NO/c1-4-5(2)6-7-3/h1,4H,2-3H3. The first-order chi connectivity index (χ1) is 3.31. The molecule has 0 rings (SSSR count). The summed E-state index contributed by atoms with van der Waals surface area (Å²) in [6, 6.07) is 0. The van der Waals surface area contributed by atoms with E-state index in [1.165, 1.54) is 13.2 Å². The Kier molecular flexibility index (Phi) is 3.02. The monoisotopic (exact) mass is 98.1 g/mol. The number of nitrogens with zero attached hydrogens (tertiary/aromatic N) is 1. The highest BCUT2D eigenvalue weighted by Crippen LogP contribution is 1.75. The van der Waals surface area contributed by atoms with Crippen LogP contribution >= 0.6 is 0 Å². The number of allylic oxidation sites excluding steroid dienone is 1. The Morgan fingerprint density at radius 2 is 2.43 bits per heavy atom. The van der Waals surface area contributed by atoms with Gasteiger partial charge >= 0.3 is 0 Å². The molecule has 0 aromatic rings. The molecule has 0 aromatic carbocycles. The molecule has 2 heteroatoms. The van der Waals surface area contributed by atoms with Crippen LogP contribution in [0.1, 0.15) is 6.92 Å². The molecule has 0 aromatic heterocycles. The molecule has 0 saturated carbocycles. The summed E-state index contributed by atoms with van der Waals surface area (Å²) in [7, 11) is 1.48. The van der Waals surface area contributed by atoms with Gasteiger partial charge in [-0.1, -0.05) is 11.7 Å². The van der Waals surface area contributed by atoms with Crippen LogP contribution < -0.4 is 0 Å². The van der Waals surface area contributed by atoms with Crippen LogP contribution in [0.25, 0.3) is 0 Å². The van der Waals surface area contributed by atoms with Crippen molar-refractivity contribution in [2.75, 3.05) is 7.11 Å². The smallest absolute Gasteiger partial charge is 0.106 e. The van der Waals surface area contributed by atoms with Gasteiger partial charge in [0.1, 0.15) is 7.11 Å². The molecule has 0 aliphatic heterocycles. The van der Waals surface area contributed by atoms with Crippen molar-refractivity contribution >= 4 is 5.71 Å². The number of oxime groups is 1. The molecule has 0 spiro atoms. The molecule has 7 heavy (non-hydrogen) atoms. The van der Waals surface area contributed by atoms with Crippen LogP contribution in [-0.4, -0.2) is 12.8 Å². The molecule has 0 aliphatic rings. The van der Waals surface area contributed by atoms with E-state index in [-0.39, 0.29) is 0 Å². The van der Waals surface area contributed by atoms with Gasteiger partial charge in [0.2, 0.25) is 0 Å². The molecule has 0 heterocycles. The molecular weight excluding hydrogens is 90.1 g/mol. The van der Waals surface area contributed by atoms with Gasteiger partial charge in [0.15, 0.2) is 0 Å². The predicted molar refractivity (Wildman–Crippen MR) is 29.0 cm³/mol. The van der Waals surface area contributed by atoms with Crippen LogP contribution in [0.3, 0.4) is 0 Å². The molecular formula is C5H8NO. The molecule has 0 unspecified atom stereocenters. The summed E-state index contributed by atoms with van der Waals surface area (Å²) in [6.45, 7) is 6.78. The van der Waals surface area contributed by atoms with Crippen molar-refractivity contribution in [2.24, 2.45) is 5.16 Å². The Labute approximate surface area is 43.5 Å². The first-order valence-corrected chi connectivity index (χ1v) is 1.94. The maximum Gasteiger partial charge on any atom is 0.106 e. The SMILES string of the molecule is [CH]=CC(C)=NOC. The molecule has 0 bridgehead atoms. The highest BCUT2D eigenvalue weighted by molar-refractivity contribution is 5.91. The first-order valence-electron chi connectivity index (χ1n) is 1.94. The van der Waals surface area contributed by atoms with Crippen LogP contribution in [-0.2, 0) is 4.84 Å². The van der Waals surface area contributed by atoms with Gasteiger partial charge in [-0.15, -0.1) is 0 Å². The van der Waals surface area contributed by atoms with Crippen LogP contribution in [0.5, 0.6) is 0 Å². The largest absolute Gasteiger partial charge is 0.399 e. The zero-order chi connectivity index (χ0) is 5.70. The van der Waals surface area contributed by atoms with Crippen molar-refractivity contribution in [3.63, 3.8) is 0 Å². The summed E-state index contributed by atoms with van der Waals surface area (Å²) in [5.41, 5.74) is 0.683. The molecule has 0 aliphatic carbocycles. The molecule has 0 N–H and O–H groups in total. The van der Waals surface area contributed by atoms with Crippen LogP contribution in [0, 0.1) is 6.58 Å². The zero-order valence-corrected chi connectivity index (χ0v) is 4.51. The Hall–Kier alpha value is -0.790. The fourth-order valence-corrected chi connectivity index (χ4v) is 0.174. The predicted octanol–water partition coefficient (Wildman–Crippen LogP) is 0.998. The summed E-state index contributed by atoms with van der Waals surface area (Å²) >= 11 is 0. The van der Waals surface area contributed by atoms with Crippen molar-refractivity contribution in [1.29, 1.82) is 0 Å². The molecule has 0 atom stereocenters. The minimum atomic E-state index is 0.683.